The average molecular weight is 430 g/mol. The summed E-state index contributed by atoms with van der Waals surface area (Å²) in [7, 11) is 3.94. The minimum atomic E-state index is -0.448. The molecule has 32 heavy (non-hydrogen) atoms. The van der Waals surface area contributed by atoms with Crippen LogP contribution in [0.2, 0.25) is 0 Å². The monoisotopic (exact) mass is 429 g/mol. The highest BCUT2D eigenvalue weighted by Gasteiger charge is 2.27. The number of fused-ring (bicyclic) bond motifs is 1. The van der Waals surface area contributed by atoms with Crippen molar-refractivity contribution in [2.24, 2.45) is 0 Å². The van der Waals surface area contributed by atoms with Crippen molar-refractivity contribution < 1.29 is 14.3 Å². The Hall–Kier alpha value is -3.64. The van der Waals surface area contributed by atoms with Gasteiger partial charge >= 0.3 is 0 Å². The molecule has 1 N–H and O–H groups in total. The highest BCUT2D eigenvalue weighted by atomic mass is 16.5. The van der Waals surface area contributed by atoms with E-state index < -0.39 is 5.92 Å². The van der Waals surface area contributed by atoms with Crippen LogP contribution in [0.25, 0.3) is 0 Å². The summed E-state index contributed by atoms with van der Waals surface area (Å²) in [6, 6.07) is 24.9. The second-order valence-electron chi connectivity index (χ2n) is 8.06. The molecule has 0 bridgehead atoms. The van der Waals surface area contributed by atoms with Gasteiger partial charge in [-0.3, -0.25) is 9.59 Å². The highest BCUT2D eigenvalue weighted by molar-refractivity contribution is 6.01. The van der Waals surface area contributed by atoms with E-state index >= 15 is 0 Å². The van der Waals surface area contributed by atoms with Crippen molar-refractivity contribution in [3.05, 3.63) is 90.0 Å². The summed E-state index contributed by atoms with van der Waals surface area (Å²) in [6.07, 6.45) is 0. The first-order chi connectivity index (χ1) is 15.5. The third-order valence-corrected chi connectivity index (χ3v) is 5.47. The van der Waals surface area contributed by atoms with Crippen LogP contribution < -0.4 is 15.0 Å². The molecule has 6 nitrogen and oxygen atoms in total. The fourth-order valence-electron chi connectivity index (χ4n) is 3.83. The zero-order chi connectivity index (χ0) is 22.5. The lowest BCUT2D eigenvalue weighted by Crippen LogP contribution is -2.42. The number of benzene rings is 3. The van der Waals surface area contributed by atoms with Crippen molar-refractivity contribution in [1.82, 2.24) is 4.90 Å². The van der Waals surface area contributed by atoms with Crippen LogP contribution in [0.4, 0.5) is 11.4 Å². The van der Waals surface area contributed by atoms with Crippen molar-refractivity contribution in [3.8, 4) is 5.75 Å². The lowest BCUT2D eigenvalue weighted by molar-refractivity contribution is -0.121. The van der Waals surface area contributed by atoms with Gasteiger partial charge in [0.2, 0.25) is 5.91 Å². The van der Waals surface area contributed by atoms with Gasteiger partial charge in [0.1, 0.15) is 5.75 Å². The first kappa shape index (κ1) is 21.6. The number of likely N-dealkylation sites (N-methyl/N-ethyl adjacent to an activating group) is 1. The zero-order valence-electron chi connectivity index (χ0n) is 18.3. The van der Waals surface area contributed by atoms with Gasteiger partial charge in [-0.15, -0.1) is 0 Å². The fraction of sp³-hybridized carbons (Fsp3) is 0.231. The maximum absolute atomic E-state index is 13.4. The number of hydrogen-bond acceptors (Lipinski definition) is 4. The van der Waals surface area contributed by atoms with Crippen LogP contribution in [0.1, 0.15) is 17.0 Å². The van der Waals surface area contributed by atoms with Crippen LogP contribution >= 0.6 is 0 Å². The Morgan fingerprint density at radius 3 is 2.22 bits per heavy atom. The number of nitrogens with zero attached hydrogens (tertiary/aromatic N) is 2. The van der Waals surface area contributed by atoms with Gasteiger partial charge in [0.05, 0.1) is 11.6 Å². The first-order valence-electron chi connectivity index (χ1n) is 10.7. The second kappa shape index (κ2) is 9.66. The zero-order valence-corrected chi connectivity index (χ0v) is 18.3. The Morgan fingerprint density at radius 1 is 1.00 bits per heavy atom. The molecule has 3 aromatic carbocycles. The highest BCUT2D eigenvalue weighted by Crippen LogP contribution is 2.35. The third kappa shape index (κ3) is 4.81. The molecule has 0 fully saturated rings. The number of amides is 2. The van der Waals surface area contributed by atoms with Crippen molar-refractivity contribution in [2.75, 3.05) is 44.0 Å². The van der Waals surface area contributed by atoms with Crippen molar-refractivity contribution >= 4 is 23.2 Å². The standard InChI is InChI=1S/C26H27N3O3/c1-28(2)15-16-29-22-17-21(13-14-23(22)32-18-24(29)30)27-26(31)25(19-9-5-3-6-10-19)20-11-7-4-8-12-20/h3-14,17,25H,15-16,18H2,1-2H3,(H,27,31). The molecule has 1 aliphatic heterocycles. The van der Waals surface area contributed by atoms with Crippen LogP contribution in [0, 0.1) is 0 Å². The number of carbonyl (C=O) groups excluding carboxylic acids is 2. The van der Waals surface area contributed by atoms with Gasteiger partial charge in [-0.05, 0) is 43.4 Å². The summed E-state index contributed by atoms with van der Waals surface area (Å²) in [5.41, 5.74) is 3.14. The van der Waals surface area contributed by atoms with Crippen molar-refractivity contribution in [2.45, 2.75) is 5.92 Å². The van der Waals surface area contributed by atoms with Crippen LogP contribution in [-0.4, -0.2) is 50.5 Å². The molecule has 0 radical (unpaired) electrons. The Morgan fingerprint density at radius 2 is 1.62 bits per heavy atom. The minimum Gasteiger partial charge on any atom is -0.482 e. The molecule has 0 aromatic heterocycles. The average Bonchev–Trinajstić information content (AvgIpc) is 2.80. The van der Waals surface area contributed by atoms with Gasteiger partial charge in [-0.25, -0.2) is 0 Å². The van der Waals surface area contributed by atoms with E-state index in [4.69, 9.17) is 4.74 Å². The van der Waals surface area contributed by atoms with E-state index in [1.54, 1.807) is 11.0 Å². The van der Waals surface area contributed by atoms with Crippen molar-refractivity contribution in [1.29, 1.82) is 0 Å². The summed E-state index contributed by atoms with van der Waals surface area (Å²) in [5, 5.41) is 3.05. The number of carbonyl (C=O) groups is 2. The molecular weight excluding hydrogens is 402 g/mol. The largest absolute Gasteiger partial charge is 0.482 e. The Labute approximate surface area is 188 Å². The third-order valence-electron chi connectivity index (χ3n) is 5.47. The molecule has 0 spiro atoms. The Balaban J connectivity index is 1.62. The van der Waals surface area contributed by atoms with E-state index in [1.165, 1.54) is 0 Å². The van der Waals surface area contributed by atoms with Gasteiger partial charge < -0.3 is 19.9 Å². The van der Waals surface area contributed by atoms with Crippen LogP contribution in [0.5, 0.6) is 5.75 Å². The molecule has 1 aliphatic rings. The molecule has 2 amide bonds. The molecule has 3 aromatic rings. The van der Waals surface area contributed by atoms with Gasteiger partial charge in [0.15, 0.2) is 6.61 Å². The summed E-state index contributed by atoms with van der Waals surface area (Å²) in [6.45, 7) is 1.30. The van der Waals surface area contributed by atoms with Crippen LogP contribution in [-0.2, 0) is 9.59 Å². The lowest BCUT2D eigenvalue weighted by atomic mass is 9.90. The minimum absolute atomic E-state index is 0.0240. The van der Waals surface area contributed by atoms with Gasteiger partial charge in [0, 0.05) is 18.8 Å². The number of anilines is 2. The molecule has 0 unspecified atom stereocenters. The molecule has 1 heterocycles. The molecular formula is C26H27N3O3. The van der Waals surface area contributed by atoms with E-state index in [2.05, 4.69) is 5.32 Å². The second-order valence-corrected chi connectivity index (χ2v) is 8.06. The summed E-state index contributed by atoms with van der Waals surface area (Å²) in [4.78, 5) is 29.6. The molecule has 0 saturated heterocycles. The van der Waals surface area contributed by atoms with E-state index in [0.717, 1.165) is 17.7 Å². The summed E-state index contributed by atoms with van der Waals surface area (Å²) in [5.74, 6) is -0.0281. The van der Waals surface area contributed by atoms with Gasteiger partial charge in [-0.2, -0.15) is 0 Å². The normalized spacial score (nSPS) is 13.1. The van der Waals surface area contributed by atoms with E-state index in [9.17, 15) is 9.59 Å². The van der Waals surface area contributed by atoms with E-state index in [0.29, 0.717) is 23.7 Å². The maximum Gasteiger partial charge on any atom is 0.265 e. The molecule has 0 saturated carbocycles. The van der Waals surface area contributed by atoms with Gasteiger partial charge in [-0.1, -0.05) is 60.7 Å². The predicted molar refractivity (Wildman–Crippen MR) is 126 cm³/mol. The topological polar surface area (TPSA) is 61.9 Å². The van der Waals surface area contributed by atoms with E-state index in [-0.39, 0.29) is 18.4 Å². The predicted octanol–water partition coefficient (Wildman–Crippen LogP) is 3.74. The lowest BCUT2D eigenvalue weighted by Gasteiger charge is -2.30. The number of nitrogens with one attached hydrogen (secondary N) is 1. The van der Waals surface area contributed by atoms with E-state index in [1.807, 2.05) is 91.8 Å². The Kier molecular flexibility index (Phi) is 6.52. The summed E-state index contributed by atoms with van der Waals surface area (Å²) >= 11 is 0. The number of ether oxygens (including phenoxy) is 1. The molecule has 0 aliphatic carbocycles. The maximum atomic E-state index is 13.4. The van der Waals surface area contributed by atoms with Crippen LogP contribution in [0.3, 0.4) is 0 Å². The Bertz CT molecular complexity index is 1040. The fourth-order valence-corrected chi connectivity index (χ4v) is 3.83. The molecule has 0 atom stereocenters. The van der Waals surface area contributed by atoms with Crippen LogP contribution in [0.15, 0.2) is 78.9 Å². The number of rotatable bonds is 7. The SMILES string of the molecule is CN(C)CCN1C(=O)COc2ccc(NC(=O)C(c3ccccc3)c3ccccc3)cc21. The smallest absolute Gasteiger partial charge is 0.265 e. The van der Waals surface area contributed by atoms with Crippen molar-refractivity contribution in [3.63, 3.8) is 0 Å². The first-order valence-corrected chi connectivity index (χ1v) is 10.7. The molecule has 4 rings (SSSR count). The number of hydrogen-bond donors (Lipinski definition) is 1. The molecule has 6 heteroatoms. The quantitative estimate of drug-likeness (QED) is 0.622. The summed E-state index contributed by atoms with van der Waals surface area (Å²) < 4.78 is 5.60. The van der Waals surface area contributed by atoms with Gasteiger partial charge in [0.25, 0.3) is 5.91 Å². The molecule has 164 valence electrons.